The van der Waals surface area contributed by atoms with Crippen LogP contribution in [-0.4, -0.2) is 87.7 Å². The zero-order chi connectivity index (χ0) is 30.3. The number of rotatable bonds is 9. The van der Waals surface area contributed by atoms with Crippen LogP contribution in [-0.2, 0) is 5.41 Å². The van der Waals surface area contributed by atoms with Crippen molar-refractivity contribution in [1.82, 2.24) is 24.8 Å². The molecule has 14 heteroatoms. The number of hydrogen-bond acceptors (Lipinski definition) is 12. The molecule has 3 aromatic heterocycles. The Labute approximate surface area is 243 Å². The predicted molar refractivity (Wildman–Crippen MR) is 158 cm³/mol. The lowest BCUT2D eigenvalue weighted by molar-refractivity contribution is -0.384. The summed E-state index contributed by atoms with van der Waals surface area (Å²) in [5, 5.41) is 25.1. The molecule has 1 atom stereocenters. The Morgan fingerprint density at radius 3 is 2.71 bits per heavy atom. The number of aromatic nitrogens is 4. The smallest absolute Gasteiger partial charge is 0.341 e. The molecule has 5 heterocycles. The standard InChI is InChI=1S/C28H35N9O5/c1-16-9-10-20-22(30-16)28(2,3)15-36(20)23-18(26(38)39)13-29-27(33-23)31-19-12-21(37(40)41)24(32-25(19)42-6)35(5)14-17-8-7-11-34(17)4/h9-10,12-13,17H,7-8,11,14-15H2,1-6H3,(H,38,39)(H,29,31,33)/t17-/m0/s1. The minimum Gasteiger partial charge on any atom is -0.479 e. The van der Waals surface area contributed by atoms with Crippen molar-refractivity contribution in [3.63, 3.8) is 0 Å². The molecule has 2 aliphatic rings. The molecule has 2 aliphatic heterocycles. The van der Waals surface area contributed by atoms with Gasteiger partial charge in [0.1, 0.15) is 11.3 Å². The van der Waals surface area contributed by atoms with Gasteiger partial charge in [0.2, 0.25) is 17.6 Å². The number of carboxylic acids is 1. The summed E-state index contributed by atoms with van der Waals surface area (Å²) in [5.41, 5.74) is 1.98. The maximum absolute atomic E-state index is 12.2. The Hall–Kier alpha value is -4.59. The van der Waals surface area contributed by atoms with Gasteiger partial charge in [-0.15, -0.1) is 0 Å². The first kappa shape index (κ1) is 28.9. The number of carbonyl (C=O) groups is 1. The van der Waals surface area contributed by atoms with Gasteiger partial charge in [-0.1, -0.05) is 13.8 Å². The van der Waals surface area contributed by atoms with Gasteiger partial charge in [0.15, 0.2) is 5.82 Å². The van der Waals surface area contributed by atoms with Gasteiger partial charge in [-0.3, -0.25) is 15.1 Å². The summed E-state index contributed by atoms with van der Waals surface area (Å²) in [5.74, 6) is -0.676. The molecule has 0 bridgehead atoms. The van der Waals surface area contributed by atoms with Gasteiger partial charge in [-0.25, -0.2) is 9.78 Å². The molecule has 2 N–H and O–H groups in total. The predicted octanol–water partition coefficient (Wildman–Crippen LogP) is 3.89. The molecule has 14 nitrogen and oxygen atoms in total. The second-order valence-corrected chi connectivity index (χ2v) is 11.5. The fraction of sp³-hybridized carbons (Fsp3) is 0.464. The van der Waals surface area contributed by atoms with E-state index in [0.717, 1.165) is 36.5 Å². The SMILES string of the molecule is COc1nc(N(C)C[C@@H]2CCCN2C)c([N+](=O)[O-])cc1Nc1ncc(C(=O)O)c(N2CC(C)(C)c3nc(C)ccc32)n1. The highest BCUT2D eigenvalue weighted by molar-refractivity contribution is 5.95. The highest BCUT2D eigenvalue weighted by atomic mass is 16.6. The Bertz CT molecular complexity index is 1550. The molecule has 1 fully saturated rings. The van der Waals surface area contributed by atoms with Crippen LogP contribution in [0.4, 0.5) is 34.6 Å². The van der Waals surface area contributed by atoms with E-state index in [-0.39, 0.29) is 51.9 Å². The van der Waals surface area contributed by atoms with E-state index in [1.165, 1.54) is 19.4 Å². The van der Waals surface area contributed by atoms with Crippen LogP contribution in [0, 0.1) is 17.0 Å². The highest BCUT2D eigenvalue weighted by Crippen LogP contribution is 2.44. The fourth-order valence-electron chi connectivity index (χ4n) is 5.67. The Morgan fingerprint density at radius 2 is 2.07 bits per heavy atom. The summed E-state index contributed by atoms with van der Waals surface area (Å²) in [4.78, 5) is 47.6. The number of aryl methyl sites for hydroxylation is 1. The summed E-state index contributed by atoms with van der Waals surface area (Å²) in [6.07, 6.45) is 3.30. The lowest BCUT2D eigenvalue weighted by Gasteiger charge is -2.26. The second-order valence-electron chi connectivity index (χ2n) is 11.5. The Balaban J connectivity index is 1.52. The summed E-state index contributed by atoms with van der Waals surface area (Å²) < 4.78 is 5.51. The molecule has 0 aromatic carbocycles. The number of fused-ring (bicyclic) bond motifs is 1. The topological polar surface area (TPSA) is 163 Å². The third-order valence-corrected chi connectivity index (χ3v) is 7.86. The van der Waals surface area contributed by atoms with Gasteiger partial charge in [0.05, 0.1) is 23.4 Å². The van der Waals surface area contributed by atoms with Crippen molar-refractivity contribution in [2.45, 2.75) is 45.1 Å². The number of nitrogens with zero attached hydrogens (tertiary/aromatic N) is 8. The van der Waals surface area contributed by atoms with Crippen molar-refractivity contribution in [3.8, 4) is 5.88 Å². The number of methoxy groups -OCH3 is 1. The molecule has 0 aliphatic carbocycles. The normalized spacial score (nSPS) is 17.7. The van der Waals surface area contributed by atoms with Crippen molar-refractivity contribution >= 4 is 40.6 Å². The largest absolute Gasteiger partial charge is 0.479 e. The lowest BCUT2D eigenvalue weighted by Crippen LogP contribution is -2.37. The average molecular weight is 578 g/mol. The summed E-state index contributed by atoms with van der Waals surface area (Å²) in [6.45, 7) is 8.00. The number of pyridine rings is 2. The van der Waals surface area contributed by atoms with Crippen LogP contribution >= 0.6 is 0 Å². The van der Waals surface area contributed by atoms with E-state index in [1.54, 1.807) is 11.9 Å². The zero-order valence-corrected chi connectivity index (χ0v) is 24.6. The molecule has 222 valence electrons. The minimum absolute atomic E-state index is 0.0319. The van der Waals surface area contributed by atoms with E-state index in [2.05, 4.69) is 25.2 Å². The molecule has 5 rings (SSSR count). The lowest BCUT2D eigenvalue weighted by atomic mass is 9.91. The third-order valence-electron chi connectivity index (χ3n) is 7.86. The van der Waals surface area contributed by atoms with Crippen LogP contribution in [0.5, 0.6) is 5.88 Å². The van der Waals surface area contributed by atoms with E-state index in [9.17, 15) is 20.0 Å². The molecule has 3 aromatic rings. The second kappa shape index (κ2) is 11.0. The number of aromatic carboxylic acids is 1. The first-order valence-electron chi connectivity index (χ1n) is 13.7. The van der Waals surface area contributed by atoms with Crippen molar-refractivity contribution in [3.05, 3.63) is 51.5 Å². The molecule has 0 saturated carbocycles. The first-order valence-corrected chi connectivity index (χ1v) is 13.7. The van der Waals surface area contributed by atoms with Gasteiger partial charge in [0.25, 0.3) is 0 Å². The number of carboxylic acid groups (broad SMARTS) is 1. The number of likely N-dealkylation sites (tertiary alicyclic amines) is 1. The van der Waals surface area contributed by atoms with Crippen LogP contribution in [0.3, 0.4) is 0 Å². The Kier molecular flexibility index (Phi) is 7.58. The highest BCUT2D eigenvalue weighted by Gasteiger charge is 2.39. The number of likely N-dealkylation sites (N-methyl/N-ethyl adjacent to an activating group) is 2. The quantitative estimate of drug-likeness (QED) is 0.278. The van der Waals surface area contributed by atoms with E-state index in [1.807, 2.05) is 44.9 Å². The van der Waals surface area contributed by atoms with E-state index < -0.39 is 10.9 Å². The molecule has 0 radical (unpaired) electrons. The van der Waals surface area contributed by atoms with Gasteiger partial charge in [-0.05, 0) is 45.5 Å². The summed E-state index contributed by atoms with van der Waals surface area (Å²) >= 11 is 0. The number of hydrogen-bond donors (Lipinski definition) is 2. The maximum atomic E-state index is 12.2. The van der Waals surface area contributed by atoms with Gasteiger partial charge in [0, 0.05) is 49.6 Å². The monoisotopic (exact) mass is 577 g/mol. The third kappa shape index (κ3) is 5.36. The molecule has 1 saturated heterocycles. The van der Waals surface area contributed by atoms with Crippen LogP contribution in [0.2, 0.25) is 0 Å². The van der Waals surface area contributed by atoms with Crippen molar-refractivity contribution < 1.29 is 19.6 Å². The molecule has 0 amide bonds. The van der Waals surface area contributed by atoms with Gasteiger partial charge in [-0.2, -0.15) is 9.97 Å². The Morgan fingerprint density at radius 1 is 1.31 bits per heavy atom. The van der Waals surface area contributed by atoms with E-state index in [4.69, 9.17) is 9.72 Å². The van der Waals surface area contributed by atoms with Crippen molar-refractivity contribution in [2.24, 2.45) is 0 Å². The molecule has 0 spiro atoms. The molecular weight excluding hydrogens is 542 g/mol. The van der Waals surface area contributed by atoms with Crippen molar-refractivity contribution in [1.29, 1.82) is 0 Å². The van der Waals surface area contributed by atoms with Gasteiger partial charge < -0.3 is 29.9 Å². The van der Waals surface area contributed by atoms with Crippen LogP contribution in [0.15, 0.2) is 24.4 Å². The van der Waals surface area contributed by atoms with E-state index in [0.29, 0.717) is 13.1 Å². The molecule has 0 unspecified atom stereocenters. The van der Waals surface area contributed by atoms with Crippen molar-refractivity contribution in [2.75, 3.05) is 56.0 Å². The zero-order valence-electron chi connectivity index (χ0n) is 24.6. The first-order chi connectivity index (χ1) is 19.9. The fourth-order valence-corrected chi connectivity index (χ4v) is 5.67. The number of nitro groups is 1. The molecular formula is C28H35N9O5. The van der Waals surface area contributed by atoms with Crippen LogP contribution in [0.1, 0.15) is 48.4 Å². The summed E-state index contributed by atoms with van der Waals surface area (Å²) in [6, 6.07) is 5.37. The number of nitrogens with one attached hydrogen (secondary N) is 1. The average Bonchev–Trinajstić information content (AvgIpc) is 3.46. The number of ether oxygens (including phenoxy) is 1. The minimum atomic E-state index is -1.18. The van der Waals surface area contributed by atoms with Crippen LogP contribution < -0.4 is 19.9 Å². The van der Waals surface area contributed by atoms with E-state index >= 15 is 0 Å². The maximum Gasteiger partial charge on any atom is 0.341 e. The summed E-state index contributed by atoms with van der Waals surface area (Å²) in [7, 11) is 5.25. The van der Waals surface area contributed by atoms with Gasteiger partial charge >= 0.3 is 11.7 Å². The molecule has 42 heavy (non-hydrogen) atoms. The van der Waals surface area contributed by atoms with Crippen LogP contribution in [0.25, 0.3) is 0 Å². The number of anilines is 5.